The Hall–Kier alpha value is -2.53. The first kappa shape index (κ1) is 20.2. The second kappa shape index (κ2) is 9.60. The second-order valence-corrected chi connectivity index (χ2v) is 7.46. The van der Waals surface area contributed by atoms with Crippen molar-refractivity contribution in [2.24, 2.45) is 5.92 Å². The van der Waals surface area contributed by atoms with Crippen LogP contribution in [0.3, 0.4) is 0 Å². The largest absolute Gasteiger partial charge is 0.497 e. The molecule has 0 bridgehead atoms. The Morgan fingerprint density at radius 2 is 1.93 bits per heavy atom. The summed E-state index contributed by atoms with van der Waals surface area (Å²) in [6.45, 7) is 3.74. The van der Waals surface area contributed by atoms with Crippen LogP contribution < -0.4 is 14.8 Å². The SMILES string of the molecule is COc1ccc(C2C(CNC(=O)COc3ccccc3C)CCCN2C)cc1. The summed E-state index contributed by atoms with van der Waals surface area (Å²) in [5.41, 5.74) is 2.29. The van der Waals surface area contributed by atoms with E-state index in [4.69, 9.17) is 9.47 Å². The van der Waals surface area contributed by atoms with Gasteiger partial charge in [0.25, 0.3) is 5.91 Å². The number of aryl methyl sites for hydroxylation is 1. The van der Waals surface area contributed by atoms with Gasteiger partial charge in [-0.15, -0.1) is 0 Å². The van der Waals surface area contributed by atoms with E-state index < -0.39 is 0 Å². The van der Waals surface area contributed by atoms with E-state index in [1.54, 1.807) is 7.11 Å². The van der Waals surface area contributed by atoms with Crippen LogP contribution in [0.4, 0.5) is 0 Å². The van der Waals surface area contributed by atoms with E-state index in [-0.39, 0.29) is 18.6 Å². The van der Waals surface area contributed by atoms with Crippen molar-refractivity contribution in [3.63, 3.8) is 0 Å². The van der Waals surface area contributed by atoms with E-state index in [1.807, 2.05) is 43.3 Å². The zero-order valence-corrected chi connectivity index (χ0v) is 17.0. The van der Waals surface area contributed by atoms with Gasteiger partial charge in [0, 0.05) is 12.6 Å². The van der Waals surface area contributed by atoms with Gasteiger partial charge in [-0.2, -0.15) is 0 Å². The molecule has 1 saturated heterocycles. The molecule has 1 aliphatic rings. The van der Waals surface area contributed by atoms with Crippen molar-refractivity contribution in [3.05, 3.63) is 59.7 Å². The molecule has 1 aliphatic heterocycles. The van der Waals surface area contributed by atoms with Crippen LogP contribution in [-0.4, -0.2) is 44.7 Å². The van der Waals surface area contributed by atoms with Crippen LogP contribution in [0.1, 0.15) is 30.0 Å². The Kier molecular flexibility index (Phi) is 6.93. The number of ether oxygens (including phenoxy) is 2. The highest BCUT2D eigenvalue weighted by molar-refractivity contribution is 5.77. The van der Waals surface area contributed by atoms with Gasteiger partial charge in [0.15, 0.2) is 6.61 Å². The first-order valence-electron chi connectivity index (χ1n) is 9.88. The van der Waals surface area contributed by atoms with Gasteiger partial charge >= 0.3 is 0 Å². The Labute approximate surface area is 167 Å². The quantitative estimate of drug-likeness (QED) is 0.795. The van der Waals surface area contributed by atoms with Crippen molar-refractivity contribution in [1.82, 2.24) is 10.2 Å². The molecule has 0 saturated carbocycles. The summed E-state index contributed by atoms with van der Waals surface area (Å²) in [6.07, 6.45) is 2.24. The van der Waals surface area contributed by atoms with Crippen LogP contribution >= 0.6 is 0 Å². The summed E-state index contributed by atoms with van der Waals surface area (Å²) in [7, 11) is 3.84. The van der Waals surface area contributed by atoms with Crippen LogP contribution in [0.2, 0.25) is 0 Å². The lowest BCUT2D eigenvalue weighted by Gasteiger charge is -2.39. The lowest BCUT2D eigenvalue weighted by atomic mass is 9.85. The molecule has 2 unspecified atom stereocenters. The zero-order valence-electron chi connectivity index (χ0n) is 17.0. The topological polar surface area (TPSA) is 50.8 Å². The Morgan fingerprint density at radius 3 is 2.64 bits per heavy atom. The summed E-state index contributed by atoms with van der Waals surface area (Å²) in [5, 5.41) is 3.07. The molecule has 1 heterocycles. The van der Waals surface area contributed by atoms with E-state index in [1.165, 1.54) is 5.56 Å². The van der Waals surface area contributed by atoms with Crippen molar-refractivity contribution >= 4 is 5.91 Å². The fraction of sp³-hybridized carbons (Fsp3) is 0.435. The molecule has 1 amide bonds. The molecule has 0 spiro atoms. The molecule has 1 N–H and O–H groups in total. The van der Waals surface area contributed by atoms with Crippen molar-refractivity contribution < 1.29 is 14.3 Å². The number of methoxy groups -OCH3 is 1. The number of nitrogens with zero attached hydrogens (tertiary/aromatic N) is 1. The van der Waals surface area contributed by atoms with Gasteiger partial charge < -0.3 is 14.8 Å². The third kappa shape index (κ3) is 5.04. The predicted octanol–water partition coefficient (Wildman–Crippen LogP) is 3.58. The maximum Gasteiger partial charge on any atom is 0.257 e. The highest BCUT2D eigenvalue weighted by atomic mass is 16.5. The first-order chi connectivity index (χ1) is 13.6. The average molecular weight is 383 g/mol. The minimum absolute atomic E-state index is 0.0423. The molecule has 28 heavy (non-hydrogen) atoms. The van der Waals surface area contributed by atoms with Gasteiger partial charge in [-0.3, -0.25) is 9.69 Å². The molecule has 2 atom stereocenters. The fourth-order valence-corrected chi connectivity index (χ4v) is 3.96. The Balaban J connectivity index is 1.57. The van der Waals surface area contributed by atoms with Crippen LogP contribution in [0.5, 0.6) is 11.5 Å². The second-order valence-electron chi connectivity index (χ2n) is 7.46. The van der Waals surface area contributed by atoms with Gasteiger partial charge in [0.05, 0.1) is 7.11 Å². The Morgan fingerprint density at radius 1 is 1.18 bits per heavy atom. The normalized spacial score (nSPS) is 19.8. The highest BCUT2D eigenvalue weighted by Gasteiger charge is 2.30. The molecule has 150 valence electrons. The van der Waals surface area contributed by atoms with Gasteiger partial charge in [-0.25, -0.2) is 0 Å². The van der Waals surface area contributed by atoms with Crippen LogP contribution in [0.25, 0.3) is 0 Å². The van der Waals surface area contributed by atoms with E-state index in [9.17, 15) is 4.79 Å². The smallest absolute Gasteiger partial charge is 0.257 e. The lowest BCUT2D eigenvalue weighted by Crippen LogP contribution is -2.42. The lowest BCUT2D eigenvalue weighted by molar-refractivity contribution is -0.123. The van der Waals surface area contributed by atoms with Gasteiger partial charge in [-0.1, -0.05) is 30.3 Å². The molecule has 2 aromatic carbocycles. The summed E-state index contributed by atoms with van der Waals surface area (Å²) in [4.78, 5) is 14.7. The van der Waals surface area contributed by atoms with E-state index in [0.29, 0.717) is 12.5 Å². The maximum absolute atomic E-state index is 12.3. The summed E-state index contributed by atoms with van der Waals surface area (Å²) >= 11 is 0. The summed E-state index contributed by atoms with van der Waals surface area (Å²) in [5.74, 6) is 1.91. The van der Waals surface area contributed by atoms with E-state index >= 15 is 0 Å². The molecule has 5 heteroatoms. The number of likely N-dealkylation sites (tertiary alicyclic amines) is 1. The molecule has 5 nitrogen and oxygen atoms in total. The predicted molar refractivity (Wildman–Crippen MR) is 111 cm³/mol. The van der Waals surface area contributed by atoms with Crippen molar-refractivity contribution in [3.8, 4) is 11.5 Å². The van der Waals surface area contributed by atoms with Crippen molar-refractivity contribution in [2.75, 3.05) is 33.9 Å². The number of rotatable bonds is 7. The molecule has 0 aliphatic carbocycles. The third-order valence-corrected chi connectivity index (χ3v) is 5.48. The summed E-state index contributed by atoms with van der Waals surface area (Å²) in [6, 6.07) is 16.3. The highest BCUT2D eigenvalue weighted by Crippen LogP contribution is 2.35. The van der Waals surface area contributed by atoms with E-state index in [0.717, 1.165) is 36.4 Å². The van der Waals surface area contributed by atoms with Crippen molar-refractivity contribution in [2.45, 2.75) is 25.8 Å². The van der Waals surface area contributed by atoms with Gasteiger partial charge in [-0.05, 0) is 68.6 Å². The van der Waals surface area contributed by atoms with E-state index in [2.05, 4.69) is 29.4 Å². The number of hydrogen-bond donors (Lipinski definition) is 1. The molecule has 2 aromatic rings. The zero-order chi connectivity index (χ0) is 19.9. The first-order valence-corrected chi connectivity index (χ1v) is 9.88. The van der Waals surface area contributed by atoms with Gasteiger partial charge in [0.2, 0.25) is 0 Å². The van der Waals surface area contributed by atoms with Gasteiger partial charge in [0.1, 0.15) is 11.5 Å². The molecular formula is C23H30N2O3. The number of piperidine rings is 1. The minimum Gasteiger partial charge on any atom is -0.497 e. The number of hydrogen-bond acceptors (Lipinski definition) is 4. The number of benzene rings is 2. The molecule has 0 radical (unpaired) electrons. The summed E-state index contributed by atoms with van der Waals surface area (Å²) < 4.78 is 10.9. The monoisotopic (exact) mass is 382 g/mol. The number of nitrogens with one attached hydrogen (secondary N) is 1. The number of para-hydroxylation sites is 1. The van der Waals surface area contributed by atoms with Crippen LogP contribution in [-0.2, 0) is 4.79 Å². The standard InChI is InChI=1S/C23H30N2O3/c1-17-7-4-5-9-21(17)28-16-22(26)24-15-19-8-6-14-25(2)23(19)18-10-12-20(27-3)13-11-18/h4-5,7,9-13,19,23H,6,8,14-16H2,1-3H3,(H,24,26). The molecule has 1 fully saturated rings. The minimum atomic E-state index is -0.0787. The average Bonchev–Trinajstić information content (AvgIpc) is 2.72. The van der Waals surface area contributed by atoms with Crippen molar-refractivity contribution in [1.29, 1.82) is 0 Å². The molecule has 3 rings (SSSR count). The Bertz CT molecular complexity index is 776. The van der Waals surface area contributed by atoms with Crippen LogP contribution in [0, 0.1) is 12.8 Å². The number of carbonyl (C=O) groups is 1. The molecule has 0 aromatic heterocycles. The molecular weight excluding hydrogens is 352 g/mol. The maximum atomic E-state index is 12.3. The fourth-order valence-electron chi connectivity index (χ4n) is 3.96. The van der Waals surface area contributed by atoms with Crippen LogP contribution in [0.15, 0.2) is 48.5 Å². The third-order valence-electron chi connectivity index (χ3n) is 5.48. The number of carbonyl (C=O) groups excluding carboxylic acids is 1. The number of amides is 1.